The van der Waals surface area contributed by atoms with Gasteiger partial charge in [0.05, 0.1) is 0 Å². The van der Waals surface area contributed by atoms with Gasteiger partial charge in [-0.05, 0) is 25.5 Å². The van der Waals surface area contributed by atoms with E-state index < -0.39 is 0 Å². The average molecular weight is 223 g/mol. The summed E-state index contributed by atoms with van der Waals surface area (Å²) in [7, 11) is 0. The molecule has 1 atom stereocenters. The molecule has 0 saturated carbocycles. The van der Waals surface area contributed by atoms with Crippen molar-refractivity contribution in [2.24, 2.45) is 5.73 Å². The maximum atomic E-state index is 6.02. The molecule has 15 heavy (non-hydrogen) atoms. The summed E-state index contributed by atoms with van der Waals surface area (Å²) in [5, 5.41) is 0. The lowest BCUT2D eigenvalue weighted by molar-refractivity contribution is 0.622. The first-order chi connectivity index (χ1) is 7.22. The zero-order valence-corrected chi connectivity index (χ0v) is 10.5. The van der Waals surface area contributed by atoms with E-state index in [0.717, 1.165) is 12.2 Å². The Hall–Kier alpha value is -0.470. The molecule has 84 valence electrons. The Bertz CT molecular complexity index is 286. The molecule has 2 N–H and O–H groups in total. The van der Waals surface area contributed by atoms with Gasteiger partial charge in [-0.2, -0.15) is 0 Å². The molecule has 0 saturated heterocycles. The summed E-state index contributed by atoms with van der Waals surface area (Å²) < 4.78 is 0. The minimum atomic E-state index is 0.343. The van der Waals surface area contributed by atoms with Gasteiger partial charge in [0, 0.05) is 16.7 Å². The molecule has 1 unspecified atom stereocenters. The van der Waals surface area contributed by atoms with E-state index in [4.69, 9.17) is 5.73 Å². The monoisotopic (exact) mass is 223 g/mol. The van der Waals surface area contributed by atoms with Gasteiger partial charge in [0.2, 0.25) is 0 Å². The average Bonchev–Trinajstić information content (AvgIpc) is 2.23. The second kappa shape index (κ2) is 6.91. The molecule has 0 amide bonds. The maximum Gasteiger partial charge on any atom is 0.0133 e. The quantitative estimate of drug-likeness (QED) is 0.746. The topological polar surface area (TPSA) is 26.0 Å². The van der Waals surface area contributed by atoms with Crippen LogP contribution in [-0.4, -0.2) is 11.8 Å². The third-order valence-electron chi connectivity index (χ3n) is 2.38. The smallest absolute Gasteiger partial charge is 0.0133 e. The lowest BCUT2D eigenvalue weighted by atomic mass is 10.2. The van der Waals surface area contributed by atoms with Gasteiger partial charge in [-0.3, -0.25) is 0 Å². The molecule has 1 aromatic rings. The minimum Gasteiger partial charge on any atom is -0.327 e. The standard InChI is InChI=1S/C13H21NS/c1-3-4-7-12(14)10-15-13-8-5-6-11(2)9-13/h5-6,8-9,12H,3-4,7,10,14H2,1-2H3. The second-order valence-corrected chi connectivity index (χ2v) is 5.12. The predicted octanol–water partition coefficient (Wildman–Crippen LogP) is 3.60. The molecule has 0 aliphatic heterocycles. The van der Waals surface area contributed by atoms with Crippen molar-refractivity contribution in [1.29, 1.82) is 0 Å². The molecule has 0 radical (unpaired) electrons. The van der Waals surface area contributed by atoms with Gasteiger partial charge in [-0.15, -0.1) is 11.8 Å². The number of hydrogen-bond donors (Lipinski definition) is 1. The van der Waals surface area contributed by atoms with Gasteiger partial charge in [0.1, 0.15) is 0 Å². The minimum absolute atomic E-state index is 0.343. The fraction of sp³-hybridized carbons (Fsp3) is 0.538. The molecule has 0 aliphatic carbocycles. The van der Waals surface area contributed by atoms with Crippen LogP contribution in [0.3, 0.4) is 0 Å². The van der Waals surface area contributed by atoms with Crippen molar-refractivity contribution >= 4 is 11.8 Å². The van der Waals surface area contributed by atoms with Crippen molar-refractivity contribution in [3.05, 3.63) is 29.8 Å². The highest BCUT2D eigenvalue weighted by Gasteiger charge is 2.02. The molecule has 2 heteroatoms. The third-order valence-corrected chi connectivity index (χ3v) is 3.56. The number of hydrogen-bond acceptors (Lipinski definition) is 2. The summed E-state index contributed by atoms with van der Waals surface area (Å²) in [6, 6.07) is 8.95. The Morgan fingerprint density at radius 1 is 1.40 bits per heavy atom. The van der Waals surface area contributed by atoms with E-state index in [-0.39, 0.29) is 0 Å². The number of nitrogens with two attached hydrogens (primary N) is 1. The highest BCUT2D eigenvalue weighted by molar-refractivity contribution is 7.99. The van der Waals surface area contributed by atoms with Gasteiger partial charge in [0.15, 0.2) is 0 Å². The Morgan fingerprint density at radius 3 is 2.87 bits per heavy atom. The van der Waals surface area contributed by atoms with Gasteiger partial charge in [-0.25, -0.2) is 0 Å². The van der Waals surface area contributed by atoms with E-state index in [9.17, 15) is 0 Å². The fourth-order valence-electron chi connectivity index (χ4n) is 1.46. The highest BCUT2D eigenvalue weighted by Crippen LogP contribution is 2.20. The molecule has 1 rings (SSSR count). The van der Waals surface area contributed by atoms with E-state index in [2.05, 4.69) is 38.1 Å². The zero-order valence-electron chi connectivity index (χ0n) is 9.70. The van der Waals surface area contributed by atoms with Gasteiger partial charge in [0.25, 0.3) is 0 Å². The van der Waals surface area contributed by atoms with Crippen LogP contribution >= 0.6 is 11.8 Å². The van der Waals surface area contributed by atoms with Crippen LogP contribution in [0.25, 0.3) is 0 Å². The van der Waals surface area contributed by atoms with E-state index in [1.165, 1.54) is 23.3 Å². The van der Waals surface area contributed by atoms with E-state index in [1.807, 2.05) is 11.8 Å². The van der Waals surface area contributed by atoms with Crippen LogP contribution in [0.2, 0.25) is 0 Å². The van der Waals surface area contributed by atoms with Crippen molar-refractivity contribution < 1.29 is 0 Å². The first kappa shape index (κ1) is 12.6. The largest absolute Gasteiger partial charge is 0.327 e. The van der Waals surface area contributed by atoms with E-state index >= 15 is 0 Å². The summed E-state index contributed by atoms with van der Waals surface area (Å²) in [6.07, 6.45) is 3.63. The molecule has 1 aromatic carbocycles. The van der Waals surface area contributed by atoms with Crippen LogP contribution in [0.15, 0.2) is 29.2 Å². The number of aryl methyl sites for hydroxylation is 1. The van der Waals surface area contributed by atoms with Crippen molar-refractivity contribution in [1.82, 2.24) is 0 Å². The van der Waals surface area contributed by atoms with E-state index in [1.54, 1.807) is 0 Å². The lowest BCUT2D eigenvalue weighted by Gasteiger charge is -2.10. The van der Waals surface area contributed by atoms with Crippen molar-refractivity contribution in [3.63, 3.8) is 0 Å². The molecule has 0 bridgehead atoms. The van der Waals surface area contributed by atoms with E-state index in [0.29, 0.717) is 6.04 Å². The van der Waals surface area contributed by atoms with Gasteiger partial charge in [-0.1, -0.05) is 37.5 Å². The van der Waals surface area contributed by atoms with Crippen molar-refractivity contribution in [3.8, 4) is 0 Å². The van der Waals surface area contributed by atoms with Crippen molar-refractivity contribution in [2.45, 2.75) is 44.0 Å². The molecule has 0 aliphatic rings. The van der Waals surface area contributed by atoms with Crippen LogP contribution in [-0.2, 0) is 0 Å². The summed E-state index contributed by atoms with van der Waals surface area (Å²) in [4.78, 5) is 1.34. The summed E-state index contributed by atoms with van der Waals surface area (Å²) in [6.45, 7) is 4.33. The summed E-state index contributed by atoms with van der Waals surface area (Å²) in [5.74, 6) is 1.03. The number of rotatable bonds is 6. The normalized spacial score (nSPS) is 12.7. The molecular formula is C13H21NS. The highest BCUT2D eigenvalue weighted by atomic mass is 32.2. The van der Waals surface area contributed by atoms with Gasteiger partial charge >= 0.3 is 0 Å². The third kappa shape index (κ3) is 5.24. The first-order valence-corrected chi connectivity index (χ1v) is 6.66. The maximum absolute atomic E-state index is 6.02. The predicted molar refractivity (Wildman–Crippen MR) is 69.4 cm³/mol. The van der Waals surface area contributed by atoms with Crippen LogP contribution < -0.4 is 5.73 Å². The number of benzene rings is 1. The summed E-state index contributed by atoms with van der Waals surface area (Å²) >= 11 is 1.87. The second-order valence-electron chi connectivity index (χ2n) is 4.03. The number of thioether (sulfide) groups is 1. The van der Waals surface area contributed by atoms with Crippen LogP contribution in [0, 0.1) is 6.92 Å². The molecule has 0 spiro atoms. The van der Waals surface area contributed by atoms with Crippen LogP contribution in [0.5, 0.6) is 0 Å². The molecule has 0 aromatic heterocycles. The molecule has 0 fully saturated rings. The van der Waals surface area contributed by atoms with Crippen molar-refractivity contribution in [2.75, 3.05) is 5.75 Å². The van der Waals surface area contributed by atoms with Crippen LogP contribution in [0.1, 0.15) is 31.7 Å². The Labute approximate surface area is 97.4 Å². The van der Waals surface area contributed by atoms with Crippen LogP contribution in [0.4, 0.5) is 0 Å². The Balaban J connectivity index is 2.30. The first-order valence-electron chi connectivity index (χ1n) is 5.67. The molecule has 1 nitrogen and oxygen atoms in total. The molecular weight excluding hydrogens is 202 g/mol. The lowest BCUT2D eigenvalue weighted by Crippen LogP contribution is -2.22. The summed E-state index contributed by atoms with van der Waals surface area (Å²) in [5.41, 5.74) is 7.35. The molecule has 0 heterocycles. The Morgan fingerprint density at radius 2 is 2.20 bits per heavy atom. The fourth-order valence-corrected chi connectivity index (χ4v) is 2.48. The SMILES string of the molecule is CCCCC(N)CSc1cccc(C)c1. The zero-order chi connectivity index (χ0) is 11.1. The Kier molecular flexibility index (Phi) is 5.81. The van der Waals surface area contributed by atoms with Gasteiger partial charge < -0.3 is 5.73 Å². The number of unbranched alkanes of at least 4 members (excludes halogenated alkanes) is 1.